The number of esters is 1. The second kappa shape index (κ2) is 15.7. The minimum Gasteiger partial charge on any atom is -0.456 e. The van der Waals surface area contributed by atoms with Gasteiger partial charge in [0.15, 0.2) is 0 Å². The third-order valence-corrected chi connectivity index (χ3v) is 9.32. The van der Waals surface area contributed by atoms with Crippen LogP contribution in [0, 0.1) is 5.41 Å². The van der Waals surface area contributed by atoms with E-state index in [9.17, 15) is 9.59 Å². The molecule has 2 aliphatic rings. The maximum atomic E-state index is 13.3. The van der Waals surface area contributed by atoms with Crippen molar-refractivity contribution in [3.63, 3.8) is 0 Å². The monoisotopic (exact) mass is 718 g/mol. The molecule has 1 atom stereocenters. The third-order valence-electron chi connectivity index (χ3n) is 9.07. The van der Waals surface area contributed by atoms with E-state index in [1.165, 1.54) is 10.1 Å². The first-order chi connectivity index (χ1) is 23.6. The zero-order valence-electron chi connectivity index (χ0n) is 30.9. The molecule has 10 heteroatoms. The average molecular weight is 719 g/mol. The summed E-state index contributed by atoms with van der Waals surface area (Å²) in [4.78, 5) is 35.4. The molecule has 0 aliphatic carbocycles. The van der Waals surface area contributed by atoms with Crippen LogP contribution in [0.15, 0.2) is 67.0 Å². The topological polar surface area (TPSA) is 86.1 Å². The molecular weight excluding hydrogens is 664 g/mol. The molecule has 2 aromatic heterocycles. The van der Waals surface area contributed by atoms with Crippen molar-refractivity contribution in [2.45, 2.75) is 99.8 Å². The van der Waals surface area contributed by atoms with Gasteiger partial charge in [-0.1, -0.05) is 45.0 Å². The Morgan fingerprint density at radius 1 is 0.882 bits per heavy atom. The van der Waals surface area contributed by atoms with Crippen LogP contribution in [0.25, 0.3) is 11.0 Å². The molecule has 51 heavy (non-hydrogen) atoms. The van der Waals surface area contributed by atoms with Crippen LogP contribution in [0.5, 0.6) is 11.5 Å². The highest BCUT2D eigenvalue weighted by molar-refractivity contribution is 6.30. The number of benzene rings is 2. The van der Waals surface area contributed by atoms with Gasteiger partial charge in [-0.05, 0) is 109 Å². The third kappa shape index (κ3) is 9.43. The molecule has 0 radical (unpaired) electrons. The lowest BCUT2D eigenvalue weighted by molar-refractivity contribution is -0.0435. The summed E-state index contributed by atoms with van der Waals surface area (Å²) in [5, 5.41) is 1.47. The number of anilines is 1. The van der Waals surface area contributed by atoms with Crippen LogP contribution >= 0.6 is 11.6 Å². The molecule has 4 aromatic rings. The zero-order valence-corrected chi connectivity index (χ0v) is 31.6. The van der Waals surface area contributed by atoms with Crippen molar-refractivity contribution in [2.75, 3.05) is 31.1 Å². The number of pyridine rings is 1. The summed E-state index contributed by atoms with van der Waals surface area (Å²) in [6, 6.07) is 17.8. The van der Waals surface area contributed by atoms with Gasteiger partial charge in [-0.2, -0.15) is 0 Å². The Bertz CT molecular complexity index is 1810. The Morgan fingerprint density at radius 3 is 2.12 bits per heavy atom. The summed E-state index contributed by atoms with van der Waals surface area (Å²) >= 11 is 6.10. The molecule has 1 spiro atoms. The van der Waals surface area contributed by atoms with Crippen molar-refractivity contribution in [1.29, 1.82) is 0 Å². The molecule has 276 valence electrons. The molecular formula is C41H55ClN4O5. The molecule has 1 unspecified atom stereocenters. The molecule has 0 bridgehead atoms. The lowest BCUT2D eigenvalue weighted by Crippen LogP contribution is -2.60. The van der Waals surface area contributed by atoms with Crippen molar-refractivity contribution >= 4 is 40.4 Å². The molecule has 0 amide bonds. The number of likely N-dealkylation sites (tertiary alicyclic amines) is 1. The van der Waals surface area contributed by atoms with Crippen molar-refractivity contribution in [1.82, 2.24) is 14.5 Å². The van der Waals surface area contributed by atoms with E-state index < -0.39 is 23.3 Å². The maximum Gasteiger partial charge on any atom is 0.420 e. The van der Waals surface area contributed by atoms with Gasteiger partial charge >= 0.3 is 12.1 Å². The number of hydrogen-bond acceptors (Lipinski definition) is 8. The molecule has 4 heterocycles. The lowest BCUT2D eigenvalue weighted by Gasteiger charge is -2.56. The van der Waals surface area contributed by atoms with Gasteiger partial charge in [-0.3, -0.25) is 4.90 Å². The Kier molecular flexibility index (Phi) is 12.2. The van der Waals surface area contributed by atoms with E-state index in [-0.39, 0.29) is 7.43 Å². The Balaban J connectivity index is 0.00000191. The van der Waals surface area contributed by atoms with E-state index in [0.717, 1.165) is 49.7 Å². The molecule has 6 rings (SSSR count). The van der Waals surface area contributed by atoms with Crippen molar-refractivity contribution in [3.8, 4) is 11.5 Å². The maximum absolute atomic E-state index is 13.3. The Labute approximate surface area is 308 Å². The average Bonchev–Trinajstić information content (AvgIpc) is 3.47. The molecule has 9 nitrogen and oxygen atoms in total. The van der Waals surface area contributed by atoms with Gasteiger partial charge < -0.3 is 19.1 Å². The van der Waals surface area contributed by atoms with E-state index in [4.69, 9.17) is 25.8 Å². The van der Waals surface area contributed by atoms with Gasteiger partial charge in [0.1, 0.15) is 33.9 Å². The fourth-order valence-corrected chi connectivity index (χ4v) is 6.66. The number of hydrogen-bond donors (Lipinski definition) is 0. The molecule has 2 aromatic carbocycles. The fourth-order valence-electron chi connectivity index (χ4n) is 6.54. The summed E-state index contributed by atoms with van der Waals surface area (Å²) in [6.45, 7) is 21.3. The number of fused-ring (bicyclic) bond motifs is 1. The SMILES string of the molecule is C.CC.CC(c1ccc(Cl)cc1)N1CC2(CCN(c3ccc(C(=O)OC(C)(C)C)c(Oc4cnc5c(ccn5C(=O)OC(C)(C)C)c4)c3)CC2)C1. The van der Waals surface area contributed by atoms with Crippen LogP contribution in [0.2, 0.25) is 5.02 Å². The molecule has 2 fully saturated rings. The van der Waals surface area contributed by atoms with E-state index in [0.29, 0.717) is 39.6 Å². The number of rotatable bonds is 6. The second-order valence-electron chi connectivity index (χ2n) is 15.2. The van der Waals surface area contributed by atoms with Crippen LogP contribution in [0.4, 0.5) is 10.5 Å². The number of carbonyl (C=O) groups excluding carboxylic acids is 2. The number of nitrogens with zero attached hydrogens (tertiary/aromatic N) is 4. The highest BCUT2D eigenvalue weighted by Gasteiger charge is 2.46. The summed E-state index contributed by atoms with van der Waals surface area (Å²) in [5.74, 6) is 0.367. The predicted octanol–water partition coefficient (Wildman–Crippen LogP) is 10.5. The first-order valence-corrected chi connectivity index (χ1v) is 18.0. The van der Waals surface area contributed by atoms with Gasteiger partial charge in [0.25, 0.3) is 0 Å². The summed E-state index contributed by atoms with van der Waals surface area (Å²) in [6.07, 6.45) is 4.86. The van der Waals surface area contributed by atoms with Crippen molar-refractivity contribution in [3.05, 3.63) is 83.1 Å². The van der Waals surface area contributed by atoms with Crippen LogP contribution in [0.1, 0.15) is 105 Å². The van der Waals surface area contributed by atoms with Gasteiger partial charge in [0, 0.05) is 60.6 Å². The summed E-state index contributed by atoms with van der Waals surface area (Å²) < 4.78 is 19.0. The molecule has 2 saturated heterocycles. The van der Waals surface area contributed by atoms with Gasteiger partial charge in [-0.15, -0.1) is 0 Å². The van der Waals surface area contributed by atoms with E-state index in [1.54, 1.807) is 30.6 Å². The summed E-state index contributed by atoms with van der Waals surface area (Å²) in [5.41, 5.74) is 2.09. The number of piperidine rings is 1. The highest BCUT2D eigenvalue weighted by atomic mass is 35.5. The number of ether oxygens (including phenoxy) is 3. The Hall–Kier alpha value is -4.08. The van der Waals surface area contributed by atoms with E-state index in [1.807, 2.05) is 79.7 Å². The lowest BCUT2D eigenvalue weighted by atomic mass is 9.71. The molecule has 2 aliphatic heterocycles. The van der Waals surface area contributed by atoms with Crippen LogP contribution in [0.3, 0.4) is 0 Å². The van der Waals surface area contributed by atoms with Gasteiger partial charge in [0.05, 0.1) is 6.20 Å². The number of halogens is 1. The number of aromatic nitrogens is 2. The number of carbonyl (C=O) groups is 2. The van der Waals surface area contributed by atoms with Gasteiger partial charge in [-0.25, -0.2) is 19.1 Å². The first-order valence-electron chi connectivity index (χ1n) is 17.6. The quantitative estimate of drug-likeness (QED) is 0.182. The minimum atomic E-state index is -0.666. The highest BCUT2D eigenvalue weighted by Crippen LogP contribution is 2.45. The van der Waals surface area contributed by atoms with Gasteiger partial charge in [0.2, 0.25) is 0 Å². The van der Waals surface area contributed by atoms with Crippen LogP contribution in [-0.2, 0) is 9.47 Å². The van der Waals surface area contributed by atoms with Crippen LogP contribution < -0.4 is 9.64 Å². The zero-order chi connectivity index (χ0) is 36.4. The summed E-state index contributed by atoms with van der Waals surface area (Å²) in [7, 11) is 0. The standard InChI is InChI=1S/C38H45ClN4O5.C2H6.CH4/c1-25(26-8-10-28(39)11-9-26)42-23-38(24-42)15-18-41(19-16-38)29-12-13-31(34(44)47-36(2,3)4)32(21-29)46-30-20-27-14-17-43(33(27)40-22-30)35(45)48-37(5,6)7;1-2;/h8-14,17,20-22,25H,15-16,18-19,23-24H2,1-7H3;1-2H3;1H4. The predicted molar refractivity (Wildman–Crippen MR) is 206 cm³/mol. The Morgan fingerprint density at radius 2 is 1.51 bits per heavy atom. The first kappa shape index (κ1) is 39.7. The van der Waals surface area contributed by atoms with Crippen molar-refractivity contribution in [2.24, 2.45) is 5.41 Å². The minimum absolute atomic E-state index is 0. The smallest absolute Gasteiger partial charge is 0.420 e. The largest absolute Gasteiger partial charge is 0.456 e. The second-order valence-corrected chi connectivity index (χ2v) is 15.6. The van der Waals surface area contributed by atoms with E-state index in [2.05, 4.69) is 33.8 Å². The van der Waals surface area contributed by atoms with Crippen LogP contribution in [-0.4, -0.2) is 63.9 Å². The van der Waals surface area contributed by atoms with E-state index >= 15 is 0 Å². The van der Waals surface area contributed by atoms with Crippen molar-refractivity contribution < 1.29 is 23.8 Å². The fraction of sp³-hybridized carbons (Fsp3) is 0.488. The molecule has 0 N–H and O–H groups in total. The normalized spacial score (nSPS) is 16.3. The molecule has 0 saturated carbocycles.